The van der Waals surface area contributed by atoms with Crippen LogP contribution in [0.25, 0.3) is 0 Å². The third-order valence-corrected chi connectivity index (χ3v) is 6.60. The largest absolute Gasteiger partial charge is 0.272 e. The highest BCUT2D eigenvalue weighted by atomic mass is 35.5. The fourth-order valence-electron chi connectivity index (χ4n) is 1.92. The van der Waals surface area contributed by atoms with Crippen molar-refractivity contribution in [3.05, 3.63) is 34.9 Å². The summed E-state index contributed by atoms with van der Waals surface area (Å²) >= 11 is 7.00. The van der Waals surface area contributed by atoms with Crippen molar-refractivity contribution in [1.82, 2.24) is 10.9 Å². The van der Waals surface area contributed by atoms with Gasteiger partial charge in [0.2, 0.25) is 5.91 Å². The molecule has 1 saturated heterocycles. The van der Waals surface area contributed by atoms with E-state index in [2.05, 4.69) is 10.9 Å². The molecule has 0 bridgehead atoms. The number of carbonyl (C=O) groups is 2. The molecule has 1 atom stereocenters. The molecule has 1 aliphatic heterocycles. The van der Waals surface area contributed by atoms with Crippen LogP contribution in [-0.2, 0) is 14.6 Å². The van der Waals surface area contributed by atoms with Gasteiger partial charge in [-0.25, -0.2) is 8.42 Å². The van der Waals surface area contributed by atoms with Crippen LogP contribution >= 0.6 is 23.4 Å². The van der Waals surface area contributed by atoms with Crippen molar-refractivity contribution in [3.8, 4) is 0 Å². The van der Waals surface area contributed by atoms with Gasteiger partial charge in [-0.05, 0) is 30.7 Å². The molecular weight excluding hydrogens is 348 g/mol. The summed E-state index contributed by atoms with van der Waals surface area (Å²) < 4.78 is 22.6. The summed E-state index contributed by atoms with van der Waals surface area (Å²) in [5.74, 6) is -0.432. The van der Waals surface area contributed by atoms with Crippen LogP contribution < -0.4 is 10.9 Å². The number of hydrazine groups is 1. The van der Waals surface area contributed by atoms with Crippen LogP contribution in [-0.4, -0.2) is 42.7 Å². The van der Waals surface area contributed by atoms with Crippen molar-refractivity contribution in [2.45, 2.75) is 11.7 Å². The van der Waals surface area contributed by atoms with Gasteiger partial charge in [0.05, 0.1) is 17.3 Å². The number of sulfone groups is 1. The molecule has 2 N–H and O–H groups in total. The second-order valence-corrected chi connectivity index (χ2v) is 8.80. The van der Waals surface area contributed by atoms with Gasteiger partial charge in [-0.1, -0.05) is 11.6 Å². The normalized spacial score (nSPS) is 19.6. The van der Waals surface area contributed by atoms with Crippen molar-refractivity contribution >= 4 is 45.0 Å². The summed E-state index contributed by atoms with van der Waals surface area (Å²) in [5.41, 5.74) is 4.97. The number of halogens is 1. The van der Waals surface area contributed by atoms with Gasteiger partial charge in [0.1, 0.15) is 0 Å². The maximum Gasteiger partial charge on any atom is 0.269 e. The molecule has 0 aliphatic carbocycles. The molecule has 6 nitrogen and oxygen atoms in total. The first-order valence-electron chi connectivity index (χ1n) is 6.52. The number of nitrogens with one attached hydrogen (secondary N) is 2. The van der Waals surface area contributed by atoms with Crippen LogP contribution in [0.3, 0.4) is 0 Å². The zero-order valence-electron chi connectivity index (χ0n) is 11.5. The van der Waals surface area contributed by atoms with Crippen molar-refractivity contribution in [2.24, 2.45) is 0 Å². The van der Waals surface area contributed by atoms with Gasteiger partial charge in [-0.3, -0.25) is 20.4 Å². The van der Waals surface area contributed by atoms with Crippen LogP contribution in [0.2, 0.25) is 5.02 Å². The first-order valence-corrected chi connectivity index (χ1v) is 9.77. The molecule has 0 radical (unpaired) electrons. The van der Waals surface area contributed by atoms with E-state index in [0.29, 0.717) is 17.0 Å². The average Bonchev–Trinajstić information content (AvgIpc) is 2.82. The Hall–Kier alpha value is -1.25. The summed E-state index contributed by atoms with van der Waals surface area (Å²) in [4.78, 5) is 23.4. The molecule has 1 aromatic rings. The van der Waals surface area contributed by atoms with Crippen LogP contribution in [0.4, 0.5) is 0 Å². The minimum Gasteiger partial charge on any atom is -0.272 e. The van der Waals surface area contributed by atoms with E-state index in [4.69, 9.17) is 11.6 Å². The van der Waals surface area contributed by atoms with Gasteiger partial charge < -0.3 is 0 Å². The van der Waals surface area contributed by atoms with E-state index >= 15 is 0 Å². The molecule has 0 saturated carbocycles. The Kier molecular flexibility index (Phi) is 5.71. The zero-order chi connectivity index (χ0) is 16.2. The Balaban J connectivity index is 1.71. The number of amides is 2. The Bertz CT molecular complexity index is 661. The van der Waals surface area contributed by atoms with E-state index < -0.39 is 15.7 Å². The quantitative estimate of drug-likeness (QED) is 0.780. The average molecular weight is 363 g/mol. The van der Waals surface area contributed by atoms with Gasteiger partial charge in [-0.2, -0.15) is 0 Å². The summed E-state index contributed by atoms with van der Waals surface area (Å²) in [5, 5.41) is 0.464. The maximum absolute atomic E-state index is 11.8. The minimum atomic E-state index is -2.94. The molecule has 1 aliphatic rings. The van der Waals surface area contributed by atoms with Gasteiger partial charge in [0.15, 0.2) is 9.84 Å². The summed E-state index contributed by atoms with van der Waals surface area (Å²) in [6.07, 6.45) is 0.567. The van der Waals surface area contributed by atoms with Crippen LogP contribution in [0.15, 0.2) is 24.3 Å². The highest BCUT2D eigenvalue weighted by Gasteiger charge is 2.28. The van der Waals surface area contributed by atoms with E-state index in [-0.39, 0.29) is 28.4 Å². The molecule has 1 fully saturated rings. The monoisotopic (exact) mass is 362 g/mol. The highest BCUT2D eigenvalue weighted by molar-refractivity contribution is 8.02. The van der Waals surface area contributed by atoms with E-state index in [1.807, 2.05) is 0 Å². The predicted octanol–water partition coefficient (Wildman–Crippen LogP) is 1.02. The van der Waals surface area contributed by atoms with Gasteiger partial charge in [0, 0.05) is 15.8 Å². The van der Waals surface area contributed by atoms with Crippen molar-refractivity contribution < 1.29 is 18.0 Å². The highest BCUT2D eigenvalue weighted by Crippen LogP contribution is 2.23. The van der Waals surface area contributed by atoms with Gasteiger partial charge in [-0.15, -0.1) is 11.8 Å². The Morgan fingerprint density at radius 1 is 1.23 bits per heavy atom. The topological polar surface area (TPSA) is 92.3 Å². The Morgan fingerprint density at radius 2 is 1.91 bits per heavy atom. The first kappa shape index (κ1) is 17.1. The SMILES string of the molecule is O=C(CS[C@@H]1CCS(=O)(=O)C1)NNC(=O)c1ccc(Cl)cc1. The lowest BCUT2D eigenvalue weighted by Crippen LogP contribution is -2.42. The van der Waals surface area contributed by atoms with Gasteiger partial charge in [0.25, 0.3) is 5.91 Å². The number of benzene rings is 1. The Labute approximate surface area is 137 Å². The van der Waals surface area contributed by atoms with Crippen LogP contribution in [0.5, 0.6) is 0 Å². The standard InChI is InChI=1S/C13H15ClN2O4S2/c14-10-3-1-9(2-4-10)13(18)16-15-12(17)7-21-11-5-6-22(19,20)8-11/h1-4,11H,5-8H2,(H,15,17)(H,16,18)/t11-/m1/s1. The van der Waals surface area contributed by atoms with E-state index in [1.54, 1.807) is 24.3 Å². The number of hydrogen-bond acceptors (Lipinski definition) is 5. The third kappa shape index (κ3) is 5.19. The number of hydrogen-bond donors (Lipinski definition) is 2. The van der Waals surface area contributed by atoms with Crippen LogP contribution in [0, 0.1) is 0 Å². The Morgan fingerprint density at radius 3 is 2.50 bits per heavy atom. The minimum absolute atomic E-state index is 0.0530. The number of carbonyl (C=O) groups excluding carboxylic acids is 2. The predicted molar refractivity (Wildman–Crippen MR) is 86.6 cm³/mol. The van der Waals surface area contributed by atoms with Crippen molar-refractivity contribution in [1.29, 1.82) is 0 Å². The zero-order valence-corrected chi connectivity index (χ0v) is 13.9. The van der Waals surface area contributed by atoms with Crippen LogP contribution in [0.1, 0.15) is 16.8 Å². The lowest BCUT2D eigenvalue weighted by atomic mass is 10.2. The van der Waals surface area contributed by atoms with E-state index in [9.17, 15) is 18.0 Å². The molecule has 120 valence electrons. The van der Waals surface area contributed by atoms with Crippen molar-refractivity contribution in [3.63, 3.8) is 0 Å². The molecular formula is C13H15ClN2O4S2. The molecule has 22 heavy (non-hydrogen) atoms. The second kappa shape index (κ2) is 7.34. The van der Waals surface area contributed by atoms with Gasteiger partial charge >= 0.3 is 0 Å². The molecule has 0 unspecified atom stereocenters. The third-order valence-electron chi connectivity index (χ3n) is 3.06. The fourth-order valence-corrected chi connectivity index (χ4v) is 5.49. The smallest absolute Gasteiger partial charge is 0.269 e. The number of thioether (sulfide) groups is 1. The summed E-state index contributed by atoms with van der Waals surface area (Å²) in [6, 6.07) is 6.24. The molecule has 9 heteroatoms. The molecule has 1 heterocycles. The summed E-state index contributed by atoms with van der Waals surface area (Å²) in [6.45, 7) is 0. The molecule has 0 aromatic heterocycles. The van der Waals surface area contributed by atoms with E-state index in [0.717, 1.165) is 0 Å². The summed E-state index contributed by atoms with van der Waals surface area (Å²) in [7, 11) is -2.94. The second-order valence-electron chi connectivity index (χ2n) is 4.85. The van der Waals surface area contributed by atoms with Crippen molar-refractivity contribution in [2.75, 3.05) is 17.3 Å². The van der Waals surface area contributed by atoms with E-state index in [1.165, 1.54) is 11.8 Å². The lowest BCUT2D eigenvalue weighted by molar-refractivity contribution is -0.119. The molecule has 1 aromatic carbocycles. The molecule has 2 rings (SSSR count). The lowest BCUT2D eigenvalue weighted by Gasteiger charge is -2.09. The first-order chi connectivity index (χ1) is 10.4. The molecule has 0 spiro atoms. The maximum atomic E-state index is 11.8. The fraction of sp³-hybridized carbons (Fsp3) is 0.385. The number of rotatable bonds is 4. The molecule has 2 amide bonds.